The minimum absolute atomic E-state index is 0.172. The molecular formula is C25H26FN3O2S2. The normalized spacial score (nSPS) is 15.6. The van der Waals surface area contributed by atoms with E-state index in [0.29, 0.717) is 34.9 Å². The van der Waals surface area contributed by atoms with Gasteiger partial charge in [-0.05, 0) is 111 Å². The molecule has 1 heterocycles. The topological polar surface area (TPSA) is 61.4 Å². The highest BCUT2D eigenvalue weighted by Gasteiger charge is 2.34. The van der Waals surface area contributed by atoms with Gasteiger partial charge in [0.2, 0.25) is 0 Å². The Kier molecular flexibility index (Phi) is 6.41. The van der Waals surface area contributed by atoms with E-state index in [2.05, 4.69) is 10.6 Å². The Hall–Kier alpha value is -2.97. The summed E-state index contributed by atoms with van der Waals surface area (Å²) in [6.45, 7) is 5.93. The summed E-state index contributed by atoms with van der Waals surface area (Å²) < 4.78 is 42.0. The molecule has 0 saturated heterocycles. The smallest absolute Gasteiger partial charge is 0.264 e. The van der Waals surface area contributed by atoms with Gasteiger partial charge in [-0.15, -0.1) is 0 Å². The van der Waals surface area contributed by atoms with E-state index >= 15 is 0 Å². The third-order valence-corrected chi connectivity index (χ3v) is 8.18. The fourth-order valence-corrected chi connectivity index (χ4v) is 6.00. The summed E-state index contributed by atoms with van der Waals surface area (Å²) in [6, 6.07) is 16.5. The second kappa shape index (κ2) is 9.11. The molecule has 1 aliphatic heterocycles. The molecule has 3 aromatic carbocycles. The van der Waals surface area contributed by atoms with Crippen molar-refractivity contribution in [3.63, 3.8) is 0 Å². The summed E-state index contributed by atoms with van der Waals surface area (Å²) >= 11 is 5.42. The minimum atomic E-state index is -3.81. The van der Waals surface area contributed by atoms with Crippen molar-refractivity contribution in [1.82, 2.24) is 0 Å². The lowest BCUT2D eigenvalue weighted by atomic mass is 9.99. The summed E-state index contributed by atoms with van der Waals surface area (Å²) in [5.41, 5.74) is 5.11. The number of hydrogen-bond donors (Lipinski definition) is 2. The van der Waals surface area contributed by atoms with Gasteiger partial charge >= 0.3 is 0 Å². The summed E-state index contributed by atoms with van der Waals surface area (Å²) in [4.78, 5) is 0.172. The largest absolute Gasteiger partial charge is 0.332 e. The number of halogens is 1. The van der Waals surface area contributed by atoms with Crippen molar-refractivity contribution >= 4 is 44.4 Å². The molecule has 0 unspecified atom stereocenters. The van der Waals surface area contributed by atoms with Gasteiger partial charge in [-0.25, -0.2) is 12.8 Å². The Labute approximate surface area is 199 Å². The third-order valence-electron chi connectivity index (χ3n) is 6.03. The zero-order valence-electron chi connectivity index (χ0n) is 18.7. The van der Waals surface area contributed by atoms with Gasteiger partial charge in [0.1, 0.15) is 5.82 Å². The van der Waals surface area contributed by atoms with Crippen LogP contribution in [0.1, 0.15) is 30.0 Å². The first-order chi connectivity index (χ1) is 15.7. The number of nitrogens with one attached hydrogen (secondary N) is 2. The average Bonchev–Trinajstić information content (AvgIpc) is 2.77. The molecule has 0 saturated carbocycles. The monoisotopic (exact) mass is 483 g/mol. The Bertz CT molecular complexity index is 1310. The van der Waals surface area contributed by atoms with Gasteiger partial charge in [-0.1, -0.05) is 12.1 Å². The number of fused-ring (bicyclic) bond motifs is 1. The quantitative estimate of drug-likeness (QED) is 0.461. The van der Waals surface area contributed by atoms with Crippen LogP contribution in [-0.4, -0.2) is 19.6 Å². The highest BCUT2D eigenvalue weighted by molar-refractivity contribution is 7.92. The van der Waals surface area contributed by atoms with E-state index in [1.165, 1.54) is 16.4 Å². The highest BCUT2D eigenvalue weighted by Crippen LogP contribution is 2.36. The molecule has 2 N–H and O–H groups in total. The molecule has 8 heteroatoms. The summed E-state index contributed by atoms with van der Waals surface area (Å²) in [6.07, 6.45) is 1.28. The maximum absolute atomic E-state index is 13.7. The van der Waals surface area contributed by atoms with Gasteiger partial charge in [0.25, 0.3) is 10.0 Å². The van der Waals surface area contributed by atoms with E-state index in [9.17, 15) is 12.8 Å². The van der Waals surface area contributed by atoms with Crippen LogP contribution in [0.3, 0.4) is 0 Å². The number of sulfonamides is 1. The molecule has 3 aromatic rings. The first-order valence-corrected chi connectivity index (χ1v) is 12.6. The number of nitrogens with zero attached hydrogens (tertiary/aromatic N) is 1. The Morgan fingerprint density at radius 2 is 1.79 bits per heavy atom. The Balaban J connectivity index is 1.53. The van der Waals surface area contributed by atoms with Gasteiger partial charge in [-0.2, -0.15) is 0 Å². The van der Waals surface area contributed by atoms with Crippen molar-refractivity contribution in [3.05, 3.63) is 83.2 Å². The molecule has 172 valence electrons. The van der Waals surface area contributed by atoms with Crippen LogP contribution < -0.4 is 14.9 Å². The van der Waals surface area contributed by atoms with Crippen molar-refractivity contribution in [2.45, 2.75) is 44.6 Å². The lowest BCUT2D eigenvalue weighted by Crippen LogP contribution is -2.42. The SMILES string of the molecule is Cc1cccc(NC(=S)Nc2ccc(S(=O)(=O)N3c4ccc(F)cc4CC[C@@H]3C)cc2)c1C. The molecule has 1 aliphatic rings. The van der Waals surface area contributed by atoms with E-state index < -0.39 is 10.0 Å². The second-order valence-electron chi connectivity index (χ2n) is 8.31. The summed E-state index contributed by atoms with van der Waals surface area (Å²) in [5, 5.41) is 6.69. The lowest BCUT2D eigenvalue weighted by molar-refractivity contribution is 0.560. The van der Waals surface area contributed by atoms with Crippen molar-refractivity contribution in [2.75, 3.05) is 14.9 Å². The van der Waals surface area contributed by atoms with E-state index in [1.54, 1.807) is 30.3 Å². The molecule has 0 bridgehead atoms. The van der Waals surface area contributed by atoms with E-state index in [0.717, 1.165) is 16.8 Å². The van der Waals surface area contributed by atoms with Crippen LogP contribution in [0.4, 0.5) is 21.5 Å². The van der Waals surface area contributed by atoms with Gasteiger partial charge < -0.3 is 10.6 Å². The third kappa shape index (κ3) is 4.72. The molecule has 33 heavy (non-hydrogen) atoms. The summed E-state index contributed by atoms with van der Waals surface area (Å²) in [5.74, 6) is -0.360. The van der Waals surface area contributed by atoms with Crippen LogP contribution in [0, 0.1) is 19.7 Å². The first kappa shape index (κ1) is 23.2. The van der Waals surface area contributed by atoms with Gasteiger partial charge in [0.15, 0.2) is 5.11 Å². The van der Waals surface area contributed by atoms with Crippen LogP contribution in [-0.2, 0) is 16.4 Å². The molecule has 0 amide bonds. The fourth-order valence-electron chi connectivity index (χ4n) is 4.05. The zero-order chi connectivity index (χ0) is 23.8. The average molecular weight is 484 g/mol. The van der Waals surface area contributed by atoms with Crippen LogP contribution in [0.5, 0.6) is 0 Å². The molecule has 0 aliphatic carbocycles. The van der Waals surface area contributed by atoms with Crippen LogP contribution in [0.25, 0.3) is 0 Å². The van der Waals surface area contributed by atoms with E-state index in [4.69, 9.17) is 12.2 Å². The van der Waals surface area contributed by atoms with Crippen LogP contribution >= 0.6 is 12.2 Å². The fraction of sp³-hybridized carbons (Fsp3) is 0.240. The van der Waals surface area contributed by atoms with E-state index in [-0.39, 0.29) is 16.8 Å². The molecule has 0 radical (unpaired) electrons. The summed E-state index contributed by atoms with van der Waals surface area (Å²) in [7, 11) is -3.81. The molecule has 0 spiro atoms. The number of benzene rings is 3. The Morgan fingerprint density at radius 3 is 2.52 bits per heavy atom. The number of anilines is 3. The maximum atomic E-state index is 13.7. The van der Waals surface area contributed by atoms with Crippen LogP contribution in [0.2, 0.25) is 0 Å². The predicted octanol–water partition coefficient (Wildman–Crippen LogP) is 5.78. The van der Waals surface area contributed by atoms with E-state index in [1.807, 2.05) is 39.0 Å². The molecule has 1 atom stereocenters. The van der Waals surface area contributed by atoms with Crippen molar-refractivity contribution < 1.29 is 12.8 Å². The number of thiocarbonyl (C=S) groups is 1. The number of hydrogen-bond acceptors (Lipinski definition) is 3. The highest BCUT2D eigenvalue weighted by atomic mass is 32.2. The number of rotatable bonds is 4. The zero-order valence-corrected chi connectivity index (χ0v) is 20.4. The van der Waals surface area contributed by atoms with Crippen molar-refractivity contribution in [3.8, 4) is 0 Å². The lowest BCUT2D eigenvalue weighted by Gasteiger charge is -2.36. The molecule has 0 fully saturated rings. The molecule has 4 rings (SSSR count). The van der Waals surface area contributed by atoms with Gasteiger partial charge in [0.05, 0.1) is 10.6 Å². The van der Waals surface area contributed by atoms with Crippen molar-refractivity contribution in [2.24, 2.45) is 0 Å². The van der Waals surface area contributed by atoms with Crippen LogP contribution in [0.15, 0.2) is 65.6 Å². The second-order valence-corrected chi connectivity index (χ2v) is 10.5. The standard InChI is InChI=1S/C25H26FN3O2S2/c1-16-5-4-6-23(18(16)3)28-25(32)27-21-10-12-22(13-11-21)33(30,31)29-17(2)7-8-19-15-20(26)9-14-24(19)29/h4-6,9-15,17H,7-8H2,1-3H3,(H2,27,28,32)/t17-/m0/s1. The minimum Gasteiger partial charge on any atom is -0.332 e. The van der Waals surface area contributed by atoms with Gasteiger partial charge in [-0.3, -0.25) is 4.31 Å². The molecule has 5 nitrogen and oxygen atoms in total. The van der Waals surface area contributed by atoms with Gasteiger partial charge in [0, 0.05) is 17.4 Å². The molecule has 0 aromatic heterocycles. The number of aryl methyl sites for hydroxylation is 2. The molecular weight excluding hydrogens is 457 g/mol. The first-order valence-electron chi connectivity index (χ1n) is 10.7. The predicted molar refractivity (Wildman–Crippen MR) is 136 cm³/mol. The maximum Gasteiger partial charge on any atom is 0.264 e. The Morgan fingerprint density at radius 1 is 1.06 bits per heavy atom. The van der Waals surface area contributed by atoms with Crippen molar-refractivity contribution in [1.29, 1.82) is 0 Å².